The van der Waals surface area contributed by atoms with Crippen molar-refractivity contribution in [3.63, 3.8) is 0 Å². The molecule has 2 aromatic rings. The van der Waals surface area contributed by atoms with Crippen molar-refractivity contribution < 1.29 is 13.9 Å². The van der Waals surface area contributed by atoms with Crippen LogP contribution in [-0.2, 0) is 15.9 Å². The summed E-state index contributed by atoms with van der Waals surface area (Å²) in [4.78, 5) is 11.3. The molecule has 1 aromatic carbocycles. The average Bonchev–Trinajstić information content (AvgIpc) is 3.44. The van der Waals surface area contributed by atoms with E-state index in [1.54, 1.807) is 6.26 Å². The highest BCUT2D eigenvalue weighted by Gasteiger charge is 2.32. The third-order valence-electron chi connectivity index (χ3n) is 5.50. The van der Waals surface area contributed by atoms with E-state index in [1.165, 1.54) is 5.56 Å². The summed E-state index contributed by atoms with van der Waals surface area (Å²) >= 11 is 0. The van der Waals surface area contributed by atoms with Crippen LogP contribution in [0, 0.1) is 6.92 Å². The number of oxazole rings is 1. The van der Waals surface area contributed by atoms with Gasteiger partial charge in [-0.2, -0.15) is 0 Å². The quantitative estimate of drug-likeness (QED) is 0.617. The molecule has 3 heterocycles. The van der Waals surface area contributed by atoms with Crippen molar-refractivity contribution in [1.82, 2.24) is 15.2 Å². The third kappa shape index (κ3) is 4.97. The Labute approximate surface area is 172 Å². The highest BCUT2D eigenvalue weighted by atomic mass is 16.5. The summed E-state index contributed by atoms with van der Waals surface area (Å²) in [6, 6.07) is 8.20. The van der Waals surface area contributed by atoms with Crippen molar-refractivity contribution in [1.29, 1.82) is 0 Å². The first-order valence-electron chi connectivity index (χ1n) is 10.4. The first-order valence-corrected chi connectivity index (χ1v) is 10.4. The maximum atomic E-state index is 5.94. The van der Waals surface area contributed by atoms with Crippen LogP contribution in [0.25, 0.3) is 11.5 Å². The van der Waals surface area contributed by atoms with Crippen LogP contribution in [0.1, 0.15) is 24.1 Å². The molecule has 2 unspecified atom stereocenters. The normalized spacial score (nSPS) is 22.8. The molecular weight excluding hydrogens is 368 g/mol. The predicted octanol–water partition coefficient (Wildman–Crippen LogP) is 2.65. The van der Waals surface area contributed by atoms with E-state index in [0.717, 1.165) is 62.7 Å². The average molecular weight is 399 g/mol. The van der Waals surface area contributed by atoms with Gasteiger partial charge in [0.05, 0.1) is 18.4 Å². The monoisotopic (exact) mass is 398 g/mol. The van der Waals surface area contributed by atoms with E-state index in [9.17, 15) is 0 Å². The van der Waals surface area contributed by atoms with Gasteiger partial charge in [-0.1, -0.05) is 17.7 Å². The summed E-state index contributed by atoms with van der Waals surface area (Å²) in [5, 5.41) is 3.45. The van der Waals surface area contributed by atoms with Gasteiger partial charge in [0.1, 0.15) is 12.4 Å². The molecule has 156 valence electrons. The molecule has 0 bridgehead atoms. The molecule has 2 saturated heterocycles. The van der Waals surface area contributed by atoms with Gasteiger partial charge in [-0.3, -0.25) is 4.99 Å². The van der Waals surface area contributed by atoms with Gasteiger partial charge in [0, 0.05) is 45.3 Å². The van der Waals surface area contributed by atoms with Crippen LogP contribution >= 0.6 is 0 Å². The van der Waals surface area contributed by atoms with Crippen molar-refractivity contribution in [3.05, 3.63) is 41.8 Å². The Morgan fingerprint density at radius 1 is 1.21 bits per heavy atom. The summed E-state index contributed by atoms with van der Waals surface area (Å²) in [6.07, 6.45) is 5.05. The lowest BCUT2D eigenvalue weighted by molar-refractivity contribution is -0.0816. The van der Waals surface area contributed by atoms with E-state index in [2.05, 4.69) is 39.2 Å². The Balaban J connectivity index is 1.28. The van der Waals surface area contributed by atoms with Gasteiger partial charge in [0.25, 0.3) is 0 Å². The summed E-state index contributed by atoms with van der Waals surface area (Å²) in [5.41, 5.74) is 3.16. The number of guanidine groups is 1. The van der Waals surface area contributed by atoms with Crippen molar-refractivity contribution in [2.75, 3.05) is 39.9 Å². The summed E-state index contributed by atoms with van der Waals surface area (Å²) in [6.45, 7) is 6.01. The fourth-order valence-electron chi connectivity index (χ4n) is 3.87. The van der Waals surface area contributed by atoms with Crippen LogP contribution in [0.15, 0.2) is 39.9 Å². The zero-order valence-corrected chi connectivity index (χ0v) is 17.3. The summed E-state index contributed by atoms with van der Waals surface area (Å²) in [5.74, 6) is 1.57. The second-order valence-electron chi connectivity index (χ2n) is 7.64. The van der Waals surface area contributed by atoms with Gasteiger partial charge in [-0.05, 0) is 31.9 Å². The number of aromatic nitrogens is 1. The molecule has 0 amide bonds. The number of aliphatic imine (C=N–C) groups is 1. The van der Waals surface area contributed by atoms with E-state index in [1.807, 2.05) is 19.2 Å². The number of aryl methyl sites for hydroxylation is 1. The molecular formula is C22H30N4O3. The molecule has 29 heavy (non-hydrogen) atoms. The van der Waals surface area contributed by atoms with E-state index in [4.69, 9.17) is 13.9 Å². The number of rotatable bonds is 5. The number of ether oxygens (including phenoxy) is 2. The van der Waals surface area contributed by atoms with Gasteiger partial charge in [0.15, 0.2) is 5.96 Å². The van der Waals surface area contributed by atoms with E-state index in [-0.39, 0.29) is 12.2 Å². The Kier molecular flexibility index (Phi) is 6.46. The minimum atomic E-state index is 0.123. The molecule has 2 aliphatic rings. The van der Waals surface area contributed by atoms with Crippen LogP contribution in [-0.4, -0.2) is 67.9 Å². The van der Waals surface area contributed by atoms with Gasteiger partial charge in [-0.15, -0.1) is 0 Å². The topological polar surface area (TPSA) is 72.1 Å². The molecule has 2 atom stereocenters. The Hall–Kier alpha value is -2.38. The molecule has 0 aliphatic carbocycles. The highest BCUT2D eigenvalue weighted by Crippen LogP contribution is 2.21. The molecule has 7 nitrogen and oxygen atoms in total. The number of benzene rings is 1. The van der Waals surface area contributed by atoms with Crippen molar-refractivity contribution in [2.24, 2.45) is 4.99 Å². The Bertz CT molecular complexity index is 812. The molecule has 1 N–H and O–H groups in total. The molecule has 1 aromatic heterocycles. The number of hydrogen-bond donors (Lipinski definition) is 1. The number of hydrogen-bond acceptors (Lipinski definition) is 5. The zero-order chi connectivity index (χ0) is 20.1. The largest absolute Gasteiger partial charge is 0.444 e. The molecule has 4 rings (SSSR count). The SMILES string of the molecule is CN=C(NCCc1coc(-c2ccc(C)cc2)n1)N1CCOC(C2CCCO2)C1. The smallest absolute Gasteiger partial charge is 0.226 e. The minimum absolute atomic E-state index is 0.123. The van der Waals surface area contributed by atoms with Crippen molar-refractivity contribution in [2.45, 2.75) is 38.4 Å². The lowest BCUT2D eigenvalue weighted by atomic mass is 10.1. The molecule has 0 spiro atoms. The molecule has 2 fully saturated rings. The Morgan fingerprint density at radius 3 is 2.79 bits per heavy atom. The lowest BCUT2D eigenvalue weighted by Gasteiger charge is -2.37. The lowest BCUT2D eigenvalue weighted by Crippen LogP contribution is -2.53. The number of nitrogens with zero attached hydrogens (tertiary/aromatic N) is 3. The van der Waals surface area contributed by atoms with Crippen LogP contribution in [0.2, 0.25) is 0 Å². The van der Waals surface area contributed by atoms with Gasteiger partial charge >= 0.3 is 0 Å². The maximum Gasteiger partial charge on any atom is 0.226 e. The predicted molar refractivity (Wildman–Crippen MR) is 112 cm³/mol. The van der Waals surface area contributed by atoms with Gasteiger partial charge in [0.2, 0.25) is 5.89 Å². The van der Waals surface area contributed by atoms with Gasteiger partial charge < -0.3 is 24.1 Å². The molecule has 0 radical (unpaired) electrons. The Morgan fingerprint density at radius 2 is 2.03 bits per heavy atom. The second kappa shape index (κ2) is 9.41. The van der Waals surface area contributed by atoms with Gasteiger partial charge in [-0.25, -0.2) is 4.98 Å². The standard InChI is InChI=1S/C22H30N4O3/c1-16-5-7-17(8-6-16)21-25-18(15-29-21)9-10-24-22(23-2)26-11-13-28-20(14-26)19-4-3-12-27-19/h5-8,15,19-20H,3-4,9-14H2,1-2H3,(H,23,24). The first-order chi connectivity index (χ1) is 14.2. The molecule has 7 heteroatoms. The van der Waals surface area contributed by atoms with E-state index < -0.39 is 0 Å². The number of nitrogens with one attached hydrogen (secondary N) is 1. The van der Waals surface area contributed by atoms with Crippen LogP contribution in [0.3, 0.4) is 0 Å². The molecule has 0 saturated carbocycles. The summed E-state index contributed by atoms with van der Waals surface area (Å²) < 4.78 is 17.4. The minimum Gasteiger partial charge on any atom is -0.444 e. The number of morpholine rings is 1. The molecule has 2 aliphatic heterocycles. The first kappa shape index (κ1) is 19.9. The second-order valence-corrected chi connectivity index (χ2v) is 7.64. The highest BCUT2D eigenvalue weighted by molar-refractivity contribution is 5.80. The van der Waals surface area contributed by atoms with Crippen LogP contribution in [0.4, 0.5) is 0 Å². The zero-order valence-electron chi connectivity index (χ0n) is 17.3. The van der Waals surface area contributed by atoms with E-state index >= 15 is 0 Å². The summed E-state index contributed by atoms with van der Waals surface area (Å²) in [7, 11) is 1.82. The third-order valence-corrected chi connectivity index (χ3v) is 5.50. The van der Waals surface area contributed by atoms with Crippen LogP contribution in [0.5, 0.6) is 0 Å². The van der Waals surface area contributed by atoms with Crippen molar-refractivity contribution in [3.8, 4) is 11.5 Å². The van der Waals surface area contributed by atoms with E-state index in [0.29, 0.717) is 12.5 Å². The van der Waals surface area contributed by atoms with Crippen molar-refractivity contribution >= 4 is 5.96 Å². The fraction of sp³-hybridized carbons (Fsp3) is 0.545. The fourth-order valence-corrected chi connectivity index (χ4v) is 3.87. The maximum absolute atomic E-state index is 5.94. The van der Waals surface area contributed by atoms with Crippen LogP contribution < -0.4 is 5.32 Å².